The molecule has 1 saturated heterocycles. The van der Waals surface area contributed by atoms with Gasteiger partial charge in [0.25, 0.3) is 11.7 Å². The number of aliphatic hydroxyl groups is 1. The van der Waals surface area contributed by atoms with Crippen LogP contribution in [0.25, 0.3) is 5.76 Å². The summed E-state index contributed by atoms with van der Waals surface area (Å²) in [6, 6.07) is 20.9. The number of amides is 1. The fourth-order valence-corrected chi connectivity index (χ4v) is 4.76. The summed E-state index contributed by atoms with van der Waals surface area (Å²) in [6.07, 6.45) is 0. The van der Waals surface area contributed by atoms with E-state index >= 15 is 0 Å². The van der Waals surface area contributed by atoms with Gasteiger partial charge >= 0.3 is 0 Å². The van der Waals surface area contributed by atoms with Crippen molar-refractivity contribution in [3.05, 3.63) is 89.5 Å². The number of hydrogen-bond acceptors (Lipinski definition) is 6. The minimum absolute atomic E-state index is 0.0346. The van der Waals surface area contributed by atoms with Crippen LogP contribution in [0.5, 0.6) is 11.5 Å². The van der Waals surface area contributed by atoms with Crippen LogP contribution < -0.4 is 19.3 Å². The van der Waals surface area contributed by atoms with Gasteiger partial charge in [-0.05, 0) is 73.9 Å². The van der Waals surface area contributed by atoms with Crippen molar-refractivity contribution in [3.63, 3.8) is 0 Å². The Morgan fingerprint density at radius 1 is 0.949 bits per heavy atom. The van der Waals surface area contributed by atoms with Crippen molar-refractivity contribution in [2.75, 3.05) is 36.6 Å². The standard InChI is InChI=1S/C32H36N2O5/c1-6-33(7-2)24-13-11-22(12-14-24)29-28(30(35)23-9-8-10-27(19-23)39-20-21(3)4)31(36)32(37)34(29)25-15-17-26(38-5)18-16-25/h8-19,21,29,35H,6-7,20H2,1-5H3/b30-28-. The molecule has 204 valence electrons. The normalized spacial score (nSPS) is 16.6. The highest BCUT2D eigenvalue weighted by Crippen LogP contribution is 2.43. The van der Waals surface area contributed by atoms with Gasteiger partial charge in [0.15, 0.2) is 0 Å². The van der Waals surface area contributed by atoms with E-state index in [2.05, 4.69) is 32.6 Å². The van der Waals surface area contributed by atoms with Gasteiger partial charge in [0.05, 0.1) is 25.3 Å². The number of benzene rings is 3. The number of rotatable bonds is 10. The first kappa shape index (κ1) is 27.8. The van der Waals surface area contributed by atoms with E-state index in [1.54, 1.807) is 55.6 Å². The van der Waals surface area contributed by atoms with E-state index in [1.807, 2.05) is 24.3 Å². The first-order valence-electron chi connectivity index (χ1n) is 13.3. The molecular weight excluding hydrogens is 492 g/mol. The average Bonchev–Trinajstić information content (AvgIpc) is 3.22. The predicted molar refractivity (Wildman–Crippen MR) is 155 cm³/mol. The Balaban J connectivity index is 1.84. The highest BCUT2D eigenvalue weighted by molar-refractivity contribution is 6.51. The molecule has 1 amide bonds. The highest BCUT2D eigenvalue weighted by Gasteiger charge is 2.47. The monoisotopic (exact) mass is 528 g/mol. The molecule has 3 aromatic rings. The lowest BCUT2D eigenvalue weighted by Gasteiger charge is -2.27. The topological polar surface area (TPSA) is 79.3 Å². The molecule has 1 aliphatic heterocycles. The van der Waals surface area contributed by atoms with Gasteiger partial charge in [-0.15, -0.1) is 0 Å². The van der Waals surface area contributed by atoms with Crippen LogP contribution in [0.3, 0.4) is 0 Å². The van der Waals surface area contributed by atoms with Crippen LogP contribution in [0.2, 0.25) is 0 Å². The van der Waals surface area contributed by atoms with Crippen LogP contribution in [-0.4, -0.2) is 43.6 Å². The fraction of sp³-hybridized carbons (Fsp3) is 0.312. The molecule has 1 N–H and O–H groups in total. The van der Waals surface area contributed by atoms with Gasteiger partial charge in [-0.3, -0.25) is 14.5 Å². The molecule has 3 aromatic carbocycles. The minimum Gasteiger partial charge on any atom is -0.507 e. The predicted octanol–water partition coefficient (Wildman–Crippen LogP) is 6.20. The molecule has 7 nitrogen and oxygen atoms in total. The summed E-state index contributed by atoms with van der Waals surface area (Å²) >= 11 is 0. The van der Waals surface area contributed by atoms with Crippen LogP contribution in [0, 0.1) is 5.92 Å². The summed E-state index contributed by atoms with van der Waals surface area (Å²) in [6.45, 7) is 10.5. The first-order chi connectivity index (χ1) is 18.8. The maximum Gasteiger partial charge on any atom is 0.300 e. The van der Waals surface area contributed by atoms with Crippen LogP contribution in [0.4, 0.5) is 11.4 Å². The number of ether oxygens (including phenoxy) is 2. The maximum atomic E-state index is 13.5. The minimum atomic E-state index is -0.815. The SMILES string of the molecule is CCN(CC)c1ccc(C2/C(=C(/O)c3cccc(OCC(C)C)c3)C(=O)C(=O)N2c2ccc(OC)cc2)cc1. The molecule has 0 bridgehead atoms. The number of ketones is 1. The van der Waals surface area contributed by atoms with Crippen LogP contribution in [-0.2, 0) is 9.59 Å². The smallest absolute Gasteiger partial charge is 0.300 e. The molecule has 1 aliphatic rings. The van der Waals surface area contributed by atoms with E-state index in [4.69, 9.17) is 9.47 Å². The fourth-order valence-electron chi connectivity index (χ4n) is 4.76. The second-order valence-corrected chi connectivity index (χ2v) is 9.86. The lowest BCUT2D eigenvalue weighted by atomic mass is 9.94. The molecule has 7 heteroatoms. The number of aliphatic hydroxyl groups excluding tert-OH is 1. The number of hydrogen-bond donors (Lipinski definition) is 1. The molecule has 39 heavy (non-hydrogen) atoms. The van der Waals surface area contributed by atoms with Gasteiger partial charge in [-0.25, -0.2) is 0 Å². The van der Waals surface area contributed by atoms with Crippen LogP contribution in [0.15, 0.2) is 78.4 Å². The zero-order chi connectivity index (χ0) is 28.1. The second kappa shape index (κ2) is 12.1. The summed E-state index contributed by atoms with van der Waals surface area (Å²) in [5.41, 5.74) is 2.74. The molecule has 0 radical (unpaired) electrons. The molecule has 0 aliphatic carbocycles. The Morgan fingerprint density at radius 3 is 2.21 bits per heavy atom. The summed E-state index contributed by atoms with van der Waals surface area (Å²) in [7, 11) is 1.57. The van der Waals surface area contributed by atoms with Crippen molar-refractivity contribution in [2.24, 2.45) is 5.92 Å². The zero-order valence-corrected chi connectivity index (χ0v) is 23.2. The maximum absolute atomic E-state index is 13.5. The third-order valence-electron chi connectivity index (χ3n) is 6.82. The van der Waals surface area contributed by atoms with Crippen molar-refractivity contribution in [3.8, 4) is 11.5 Å². The number of methoxy groups -OCH3 is 1. The highest BCUT2D eigenvalue weighted by atomic mass is 16.5. The van der Waals surface area contributed by atoms with Gasteiger partial charge < -0.3 is 19.5 Å². The molecule has 0 saturated carbocycles. The van der Waals surface area contributed by atoms with Crippen molar-refractivity contribution >= 4 is 28.8 Å². The van der Waals surface area contributed by atoms with Crippen molar-refractivity contribution in [2.45, 2.75) is 33.7 Å². The summed E-state index contributed by atoms with van der Waals surface area (Å²) in [4.78, 5) is 30.6. The quantitative estimate of drug-likeness (QED) is 0.192. The van der Waals surface area contributed by atoms with Gasteiger partial charge in [-0.2, -0.15) is 0 Å². The average molecular weight is 529 g/mol. The van der Waals surface area contributed by atoms with Crippen LogP contribution in [0.1, 0.15) is 44.9 Å². The molecule has 0 spiro atoms. The van der Waals surface area contributed by atoms with E-state index < -0.39 is 17.7 Å². The lowest BCUT2D eigenvalue weighted by Crippen LogP contribution is -2.29. The lowest BCUT2D eigenvalue weighted by molar-refractivity contribution is -0.132. The Morgan fingerprint density at radius 2 is 1.62 bits per heavy atom. The Bertz CT molecular complexity index is 1340. The van der Waals surface area contributed by atoms with E-state index in [0.29, 0.717) is 35.3 Å². The van der Waals surface area contributed by atoms with Crippen molar-refractivity contribution < 1.29 is 24.2 Å². The molecule has 1 heterocycles. The van der Waals surface area contributed by atoms with Crippen molar-refractivity contribution in [1.82, 2.24) is 0 Å². The second-order valence-electron chi connectivity index (χ2n) is 9.86. The van der Waals surface area contributed by atoms with E-state index in [9.17, 15) is 14.7 Å². The molecule has 1 atom stereocenters. The van der Waals surface area contributed by atoms with Gasteiger partial charge in [0.2, 0.25) is 0 Å². The largest absolute Gasteiger partial charge is 0.507 e. The molecule has 1 unspecified atom stereocenters. The van der Waals surface area contributed by atoms with E-state index in [0.717, 1.165) is 24.3 Å². The van der Waals surface area contributed by atoms with E-state index in [1.165, 1.54) is 4.90 Å². The Labute approximate surface area is 230 Å². The number of carbonyl (C=O) groups is 2. The number of nitrogens with zero attached hydrogens (tertiary/aromatic N) is 2. The third kappa shape index (κ3) is 5.77. The third-order valence-corrected chi connectivity index (χ3v) is 6.82. The van der Waals surface area contributed by atoms with Crippen LogP contribution >= 0.6 is 0 Å². The first-order valence-corrected chi connectivity index (χ1v) is 13.3. The molecule has 4 rings (SSSR count). The summed E-state index contributed by atoms with van der Waals surface area (Å²) in [5, 5.41) is 11.5. The Kier molecular flexibility index (Phi) is 8.59. The van der Waals surface area contributed by atoms with Crippen molar-refractivity contribution in [1.29, 1.82) is 0 Å². The number of anilines is 2. The van der Waals surface area contributed by atoms with Gasteiger partial charge in [0.1, 0.15) is 17.3 Å². The molecule has 0 aromatic heterocycles. The van der Waals surface area contributed by atoms with E-state index in [-0.39, 0.29) is 11.3 Å². The molecular formula is C32H36N2O5. The number of carbonyl (C=O) groups excluding carboxylic acids is 2. The molecule has 1 fully saturated rings. The zero-order valence-electron chi connectivity index (χ0n) is 23.2. The summed E-state index contributed by atoms with van der Waals surface area (Å²) < 4.78 is 11.1. The summed E-state index contributed by atoms with van der Waals surface area (Å²) in [5.74, 6) is -0.138. The Hall–Kier alpha value is -4.26. The number of Topliss-reactive ketones (excluding diaryl/α,β-unsaturated/α-hetero) is 1. The van der Waals surface area contributed by atoms with Gasteiger partial charge in [-0.1, -0.05) is 38.1 Å². The van der Waals surface area contributed by atoms with Gasteiger partial charge in [0, 0.05) is 30.0 Å².